The van der Waals surface area contributed by atoms with Crippen molar-refractivity contribution in [1.82, 2.24) is 0 Å². The summed E-state index contributed by atoms with van der Waals surface area (Å²) in [4.78, 5) is 22.4. The van der Waals surface area contributed by atoms with Crippen LogP contribution >= 0.6 is 0 Å². The molecule has 0 atom stereocenters. The number of rotatable bonds is 18. The third kappa shape index (κ3) is 11.8. The number of hydrogen-bond donors (Lipinski definition) is 2. The summed E-state index contributed by atoms with van der Waals surface area (Å²) in [6, 6.07) is 2.57. The molecular formula is C22H36O6. The van der Waals surface area contributed by atoms with Gasteiger partial charge in [0.15, 0.2) is 0 Å². The van der Waals surface area contributed by atoms with E-state index in [0.717, 1.165) is 32.1 Å². The van der Waals surface area contributed by atoms with Gasteiger partial charge in [-0.1, -0.05) is 77.0 Å². The topological polar surface area (TPSA) is 97.0 Å². The summed E-state index contributed by atoms with van der Waals surface area (Å²) < 4.78 is 10.00. The minimum Gasteiger partial charge on any atom is -0.475 e. The molecule has 0 fully saturated rings. The molecule has 0 amide bonds. The molecule has 0 aliphatic heterocycles. The molecule has 0 aliphatic rings. The molecule has 1 heterocycles. The highest BCUT2D eigenvalue weighted by molar-refractivity contribution is 5.89. The normalized spacial score (nSPS) is 10.9. The Hall–Kier alpha value is -1.82. The molecule has 0 aromatic carbocycles. The van der Waals surface area contributed by atoms with Crippen LogP contribution in [0.25, 0.3) is 0 Å². The van der Waals surface area contributed by atoms with Crippen molar-refractivity contribution < 1.29 is 29.0 Å². The van der Waals surface area contributed by atoms with E-state index in [4.69, 9.17) is 19.4 Å². The van der Waals surface area contributed by atoms with E-state index >= 15 is 0 Å². The molecule has 1 aromatic heterocycles. The highest BCUT2D eigenvalue weighted by atomic mass is 16.5. The number of unbranched alkanes of at least 4 members (excludes halogenated alkanes) is 13. The minimum absolute atomic E-state index is 0.0671. The highest BCUT2D eigenvalue weighted by Crippen LogP contribution is 2.13. The van der Waals surface area contributed by atoms with Crippen LogP contribution in [0.3, 0.4) is 0 Å². The summed E-state index contributed by atoms with van der Waals surface area (Å²) in [6.45, 7) is 0.658. The predicted molar refractivity (Wildman–Crippen MR) is 108 cm³/mol. The lowest BCUT2D eigenvalue weighted by Gasteiger charge is -2.04. The van der Waals surface area contributed by atoms with Crippen molar-refractivity contribution >= 4 is 11.9 Å². The predicted octanol–water partition coefficient (Wildman–Crippen LogP) is 5.59. The Labute approximate surface area is 168 Å². The van der Waals surface area contributed by atoms with Gasteiger partial charge in [-0.05, 0) is 25.0 Å². The molecule has 6 nitrogen and oxygen atoms in total. The van der Waals surface area contributed by atoms with Gasteiger partial charge in [0, 0.05) is 6.61 Å². The van der Waals surface area contributed by atoms with Crippen LogP contribution in [0.5, 0.6) is 0 Å². The number of aliphatic hydroxyl groups is 1. The van der Waals surface area contributed by atoms with E-state index in [0.29, 0.717) is 13.2 Å². The van der Waals surface area contributed by atoms with Crippen molar-refractivity contribution in [3.8, 4) is 0 Å². The maximum Gasteiger partial charge on any atom is 0.374 e. The fraction of sp³-hybridized carbons (Fsp3) is 0.727. The molecule has 0 radical (unpaired) electrons. The first kappa shape index (κ1) is 24.2. The molecule has 0 unspecified atom stereocenters. The number of carboxylic acids is 1. The van der Waals surface area contributed by atoms with E-state index in [2.05, 4.69) is 0 Å². The summed E-state index contributed by atoms with van der Waals surface area (Å²) in [5, 5.41) is 17.5. The maximum atomic E-state index is 11.7. The Morgan fingerprint density at radius 1 is 0.714 bits per heavy atom. The van der Waals surface area contributed by atoms with Crippen LogP contribution in [0.4, 0.5) is 0 Å². The molecular weight excluding hydrogens is 360 g/mol. The van der Waals surface area contributed by atoms with E-state index in [9.17, 15) is 9.59 Å². The van der Waals surface area contributed by atoms with Crippen LogP contribution in [0.15, 0.2) is 16.5 Å². The van der Waals surface area contributed by atoms with Gasteiger partial charge >= 0.3 is 11.9 Å². The van der Waals surface area contributed by atoms with Gasteiger partial charge in [0.2, 0.25) is 11.5 Å². The number of esters is 1. The summed E-state index contributed by atoms with van der Waals surface area (Å²) in [5.74, 6) is -2.14. The summed E-state index contributed by atoms with van der Waals surface area (Å²) in [7, 11) is 0. The summed E-state index contributed by atoms with van der Waals surface area (Å²) in [6.07, 6.45) is 16.7. The molecule has 0 saturated carbocycles. The van der Waals surface area contributed by atoms with Crippen molar-refractivity contribution in [2.45, 2.75) is 89.9 Å². The molecule has 1 rings (SSSR count). The van der Waals surface area contributed by atoms with Crippen LogP contribution in [0.1, 0.15) is 111 Å². The number of aliphatic hydroxyl groups excluding tert-OH is 1. The first-order valence-electron chi connectivity index (χ1n) is 10.8. The van der Waals surface area contributed by atoms with E-state index in [-0.39, 0.29) is 11.5 Å². The Kier molecular flexibility index (Phi) is 14.0. The zero-order chi connectivity index (χ0) is 20.5. The molecule has 0 spiro atoms. The standard InChI is InChI=1S/C22H36O6/c23-17-13-11-9-7-5-3-1-2-4-6-8-10-12-14-18-27-22(26)20-16-15-19(28-20)21(24)25/h15-16,23H,1-14,17-18H2,(H,24,25). The smallest absolute Gasteiger partial charge is 0.374 e. The van der Waals surface area contributed by atoms with Crippen molar-refractivity contribution in [2.75, 3.05) is 13.2 Å². The number of ether oxygens (including phenoxy) is 1. The monoisotopic (exact) mass is 396 g/mol. The van der Waals surface area contributed by atoms with Gasteiger partial charge in [-0.3, -0.25) is 0 Å². The van der Waals surface area contributed by atoms with Crippen LogP contribution in [-0.4, -0.2) is 35.4 Å². The fourth-order valence-electron chi connectivity index (χ4n) is 3.13. The average Bonchev–Trinajstić information content (AvgIpc) is 3.18. The minimum atomic E-state index is -1.20. The van der Waals surface area contributed by atoms with Crippen molar-refractivity contribution in [3.05, 3.63) is 23.7 Å². The van der Waals surface area contributed by atoms with Gasteiger partial charge in [-0.15, -0.1) is 0 Å². The van der Waals surface area contributed by atoms with Gasteiger partial charge in [0.25, 0.3) is 0 Å². The third-order valence-electron chi connectivity index (χ3n) is 4.80. The molecule has 160 valence electrons. The van der Waals surface area contributed by atoms with Gasteiger partial charge in [0.1, 0.15) is 0 Å². The zero-order valence-corrected chi connectivity index (χ0v) is 17.0. The third-order valence-corrected chi connectivity index (χ3v) is 4.80. The van der Waals surface area contributed by atoms with Crippen LogP contribution < -0.4 is 0 Å². The SMILES string of the molecule is O=C(O)c1ccc(C(=O)OCCCCCCCCCCCCCCCCO)o1. The second-order valence-electron chi connectivity index (χ2n) is 7.28. The molecule has 0 saturated heterocycles. The largest absolute Gasteiger partial charge is 0.475 e. The lowest BCUT2D eigenvalue weighted by Crippen LogP contribution is -2.05. The number of hydrogen-bond acceptors (Lipinski definition) is 5. The quantitative estimate of drug-likeness (QED) is 0.248. The van der Waals surface area contributed by atoms with Crippen LogP contribution in [0.2, 0.25) is 0 Å². The summed E-state index contributed by atoms with van der Waals surface area (Å²) >= 11 is 0. The number of carbonyl (C=O) groups excluding carboxylic acids is 1. The van der Waals surface area contributed by atoms with Gasteiger partial charge < -0.3 is 19.4 Å². The molecule has 0 aliphatic carbocycles. The van der Waals surface area contributed by atoms with Gasteiger partial charge in [0.05, 0.1) is 6.61 Å². The lowest BCUT2D eigenvalue weighted by atomic mass is 10.0. The van der Waals surface area contributed by atoms with Crippen molar-refractivity contribution in [3.63, 3.8) is 0 Å². The van der Waals surface area contributed by atoms with Gasteiger partial charge in [-0.2, -0.15) is 0 Å². The number of furan rings is 1. The maximum absolute atomic E-state index is 11.7. The Balaban J connectivity index is 1.84. The van der Waals surface area contributed by atoms with E-state index in [1.165, 1.54) is 69.9 Å². The van der Waals surface area contributed by atoms with Crippen molar-refractivity contribution in [2.24, 2.45) is 0 Å². The lowest BCUT2D eigenvalue weighted by molar-refractivity contribution is 0.0456. The Bertz CT molecular complexity index is 537. The Morgan fingerprint density at radius 3 is 1.57 bits per heavy atom. The zero-order valence-electron chi connectivity index (χ0n) is 17.0. The second kappa shape index (κ2) is 16.2. The average molecular weight is 397 g/mol. The molecule has 1 aromatic rings. The van der Waals surface area contributed by atoms with E-state index in [1.807, 2.05) is 0 Å². The first-order chi connectivity index (χ1) is 13.6. The summed E-state index contributed by atoms with van der Waals surface area (Å²) in [5.41, 5.74) is 0. The molecule has 6 heteroatoms. The van der Waals surface area contributed by atoms with Crippen LogP contribution in [0, 0.1) is 0 Å². The molecule has 0 bridgehead atoms. The number of aromatic carboxylic acids is 1. The van der Waals surface area contributed by atoms with Crippen molar-refractivity contribution in [1.29, 1.82) is 0 Å². The first-order valence-corrected chi connectivity index (χ1v) is 10.8. The van der Waals surface area contributed by atoms with E-state index < -0.39 is 11.9 Å². The number of carbonyl (C=O) groups is 2. The molecule has 2 N–H and O–H groups in total. The second-order valence-corrected chi connectivity index (χ2v) is 7.28. The number of carboxylic acid groups (broad SMARTS) is 1. The fourth-order valence-corrected chi connectivity index (χ4v) is 3.13. The van der Waals surface area contributed by atoms with Crippen LogP contribution in [-0.2, 0) is 4.74 Å². The molecule has 28 heavy (non-hydrogen) atoms. The van der Waals surface area contributed by atoms with Gasteiger partial charge in [-0.25, -0.2) is 9.59 Å². The Morgan fingerprint density at radius 2 is 1.14 bits per heavy atom. The van der Waals surface area contributed by atoms with E-state index in [1.54, 1.807) is 0 Å². The highest BCUT2D eigenvalue weighted by Gasteiger charge is 2.15.